The SMILES string of the molecule is C1=CC(N(C2=CC=C3c4ccccc4C(C4=CCCC=C4)(c4ccccc4)C3C2)c2ccc(C3=CCC(n4ccc5ccc6c7ccccc7n(-c7ccccc7)c6c54)C=C3)cc2)=CCC1. The predicted molar refractivity (Wildman–Crippen MR) is 277 cm³/mol. The second-order valence-electron chi connectivity index (χ2n) is 18.5. The van der Waals surface area contributed by atoms with Gasteiger partial charge in [0.15, 0.2) is 0 Å². The minimum absolute atomic E-state index is 0.208. The molecule has 2 heterocycles. The fraction of sp³-hybridized carbons (Fsp3) is 0.143. The molecule has 318 valence electrons. The molecule has 5 aliphatic carbocycles. The van der Waals surface area contributed by atoms with Crippen molar-refractivity contribution < 1.29 is 0 Å². The Morgan fingerprint density at radius 1 is 0.591 bits per heavy atom. The fourth-order valence-electron chi connectivity index (χ4n) is 12.2. The third kappa shape index (κ3) is 6.03. The van der Waals surface area contributed by atoms with Crippen molar-refractivity contribution in [2.24, 2.45) is 5.92 Å². The minimum atomic E-state index is -0.274. The van der Waals surface area contributed by atoms with Crippen molar-refractivity contribution in [3.8, 4) is 5.69 Å². The van der Waals surface area contributed by atoms with Crippen molar-refractivity contribution in [2.75, 3.05) is 4.90 Å². The van der Waals surface area contributed by atoms with E-state index in [1.54, 1.807) is 0 Å². The van der Waals surface area contributed by atoms with Crippen molar-refractivity contribution in [2.45, 2.75) is 50.0 Å². The highest BCUT2D eigenvalue weighted by Crippen LogP contribution is 2.61. The zero-order valence-electron chi connectivity index (χ0n) is 37.1. The molecule has 0 spiro atoms. The lowest BCUT2D eigenvalue weighted by Crippen LogP contribution is -2.37. The number of hydrogen-bond donors (Lipinski definition) is 0. The Hall–Kier alpha value is -7.62. The number of anilines is 1. The van der Waals surface area contributed by atoms with Gasteiger partial charge in [-0.15, -0.1) is 0 Å². The number of benzene rings is 6. The summed E-state index contributed by atoms with van der Waals surface area (Å²) in [6, 6.07) is 56.6. The van der Waals surface area contributed by atoms with Crippen LogP contribution >= 0.6 is 0 Å². The van der Waals surface area contributed by atoms with E-state index in [1.807, 2.05) is 0 Å². The maximum Gasteiger partial charge on any atom is 0.0785 e. The smallest absolute Gasteiger partial charge is 0.0785 e. The van der Waals surface area contributed by atoms with Crippen LogP contribution < -0.4 is 4.90 Å². The molecule has 0 N–H and O–H groups in total. The van der Waals surface area contributed by atoms with E-state index in [9.17, 15) is 0 Å². The summed E-state index contributed by atoms with van der Waals surface area (Å²) in [5.74, 6) is 0.252. The van der Waals surface area contributed by atoms with Gasteiger partial charge in [0.1, 0.15) is 0 Å². The lowest BCUT2D eigenvalue weighted by Gasteiger charge is -2.42. The largest absolute Gasteiger partial charge is 0.339 e. The molecule has 8 aromatic rings. The van der Waals surface area contributed by atoms with Crippen molar-refractivity contribution in [1.82, 2.24) is 9.13 Å². The van der Waals surface area contributed by atoms with Crippen LogP contribution in [0.4, 0.5) is 5.69 Å². The van der Waals surface area contributed by atoms with E-state index in [2.05, 4.69) is 239 Å². The van der Waals surface area contributed by atoms with E-state index < -0.39 is 0 Å². The Morgan fingerprint density at radius 3 is 2.15 bits per heavy atom. The first-order valence-corrected chi connectivity index (χ1v) is 23.9. The lowest BCUT2D eigenvalue weighted by molar-refractivity contribution is 0.468. The number of hydrogen-bond acceptors (Lipinski definition) is 1. The van der Waals surface area contributed by atoms with Crippen LogP contribution in [0.3, 0.4) is 0 Å². The highest BCUT2D eigenvalue weighted by molar-refractivity contribution is 6.18. The van der Waals surface area contributed by atoms with E-state index in [0.717, 1.165) is 38.5 Å². The van der Waals surface area contributed by atoms with E-state index in [1.165, 1.54) is 94.5 Å². The minimum Gasteiger partial charge on any atom is -0.339 e. The van der Waals surface area contributed by atoms with Crippen LogP contribution in [-0.4, -0.2) is 9.13 Å². The van der Waals surface area contributed by atoms with Crippen molar-refractivity contribution >= 4 is 49.5 Å². The molecule has 0 radical (unpaired) electrons. The van der Waals surface area contributed by atoms with Crippen molar-refractivity contribution in [1.29, 1.82) is 0 Å². The first kappa shape index (κ1) is 38.8. The molecule has 0 saturated heterocycles. The number of allylic oxidation sites excluding steroid dienone is 15. The molecule has 2 aromatic heterocycles. The van der Waals surface area contributed by atoms with Gasteiger partial charge in [-0.3, -0.25) is 0 Å². The number of fused-ring (bicyclic) bond motifs is 8. The van der Waals surface area contributed by atoms with Gasteiger partial charge in [0.05, 0.1) is 28.0 Å². The average molecular weight is 850 g/mol. The van der Waals surface area contributed by atoms with Gasteiger partial charge >= 0.3 is 0 Å². The zero-order valence-corrected chi connectivity index (χ0v) is 37.1. The maximum atomic E-state index is 2.55. The molecule has 3 atom stereocenters. The van der Waals surface area contributed by atoms with Gasteiger partial charge < -0.3 is 14.0 Å². The van der Waals surface area contributed by atoms with Crippen LogP contribution in [0.25, 0.3) is 49.5 Å². The second kappa shape index (κ2) is 15.8. The van der Waals surface area contributed by atoms with Gasteiger partial charge in [-0.1, -0.05) is 170 Å². The normalized spacial score (nSPS) is 21.0. The average Bonchev–Trinajstić information content (AvgIpc) is 4.07. The molecular formula is C63H51N3. The topological polar surface area (TPSA) is 13.1 Å². The van der Waals surface area contributed by atoms with Crippen LogP contribution in [-0.2, 0) is 5.41 Å². The molecule has 3 nitrogen and oxygen atoms in total. The monoisotopic (exact) mass is 849 g/mol. The number of aromatic nitrogens is 2. The number of para-hydroxylation sites is 2. The van der Waals surface area contributed by atoms with E-state index in [-0.39, 0.29) is 17.4 Å². The van der Waals surface area contributed by atoms with Crippen molar-refractivity contribution in [3.63, 3.8) is 0 Å². The Bertz CT molecular complexity index is 3470. The summed E-state index contributed by atoms with van der Waals surface area (Å²) in [5, 5.41) is 3.83. The molecule has 0 fully saturated rings. The van der Waals surface area contributed by atoms with E-state index >= 15 is 0 Å². The third-order valence-corrected chi connectivity index (χ3v) is 15.1. The van der Waals surface area contributed by atoms with Crippen LogP contribution in [0.15, 0.2) is 242 Å². The molecule has 3 heteroatoms. The quantitative estimate of drug-likeness (QED) is 0.148. The highest BCUT2D eigenvalue weighted by Gasteiger charge is 2.53. The summed E-state index contributed by atoms with van der Waals surface area (Å²) >= 11 is 0. The van der Waals surface area contributed by atoms with Crippen molar-refractivity contribution in [3.05, 3.63) is 264 Å². The number of rotatable bonds is 8. The lowest BCUT2D eigenvalue weighted by atomic mass is 9.61. The molecule has 3 unspecified atom stereocenters. The molecule has 13 rings (SSSR count). The Labute approximate surface area is 387 Å². The van der Waals surface area contributed by atoms with E-state index in [0.29, 0.717) is 0 Å². The number of nitrogens with zero attached hydrogens (tertiary/aromatic N) is 3. The van der Waals surface area contributed by atoms with Gasteiger partial charge in [-0.05, 0) is 126 Å². The first-order valence-electron chi connectivity index (χ1n) is 23.9. The molecule has 66 heavy (non-hydrogen) atoms. The summed E-state index contributed by atoms with van der Waals surface area (Å²) in [6.45, 7) is 0. The van der Waals surface area contributed by atoms with Gasteiger partial charge in [0.25, 0.3) is 0 Å². The predicted octanol–water partition coefficient (Wildman–Crippen LogP) is 15.9. The molecule has 0 saturated carbocycles. The van der Waals surface area contributed by atoms with Crippen LogP contribution in [0.5, 0.6) is 0 Å². The van der Waals surface area contributed by atoms with Gasteiger partial charge in [0.2, 0.25) is 0 Å². The third-order valence-electron chi connectivity index (χ3n) is 15.1. The van der Waals surface area contributed by atoms with Crippen LogP contribution in [0, 0.1) is 5.92 Å². The summed E-state index contributed by atoms with van der Waals surface area (Å²) < 4.78 is 4.96. The fourth-order valence-corrected chi connectivity index (χ4v) is 12.2. The Balaban J connectivity index is 0.840. The molecule has 0 aliphatic heterocycles. The molecule has 5 aliphatic rings. The molecular weight excluding hydrogens is 799 g/mol. The van der Waals surface area contributed by atoms with Gasteiger partial charge in [-0.2, -0.15) is 0 Å². The van der Waals surface area contributed by atoms with Crippen LogP contribution in [0.1, 0.15) is 66.8 Å². The summed E-state index contributed by atoms with van der Waals surface area (Å²) in [7, 11) is 0. The zero-order chi connectivity index (χ0) is 43.6. The maximum absolute atomic E-state index is 2.55. The van der Waals surface area contributed by atoms with Crippen LogP contribution in [0.2, 0.25) is 0 Å². The highest BCUT2D eigenvalue weighted by atomic mass is 15.2. The standard InChI is InChI=1S/C63H51N3/c1-5-17-47(18-6-1)63(48-19-7-2-8-20-48)58-27-15-13-25-54(58)55-40-38-53(43-59(55)63)65(50-21-9-3-10-22-50)52-36-31-45(32-37-52)44-29-34-49(35-30-44)64-42-41-46-33-39-57-56-26-14-16-28-60(56)66(62(57)61(46)64)51-23-11-4-12-24-51/h1,4-7,9,11-34,36-42,49,59H,2-3,8,10,35,43H2. The second-order valence-corrected chi connectivity index (χ2v) is 18.5. The van der Waals surface area contributed by atoms with Gasteiger partial charge in [0, 0.05) is 51.0 Å². The molecule has 6 aromatic carbocycles. The Kier molecular flexibility index (Phi) is 9.30. The Morgan fingerprint density at radius 2 is 1.36 bits per heavy atom. The molecule has 0 amide bonds. The first-order chi connectivity index (χ1) is 32.8. The summed E-state index contributed by atoms with van der Waals surface area (Å²) in [6.07, 6.45) is 34.9. The van der Waals surface area contributed by atoms with E-state index in [4.69, 9.17) is 0 Å². The van der Waals surface area contributed by atoms with Gasteiger partial charge in [-0.25, -0.2) is 0 Å². The summed E-state index contributed by atoms with van der Waals surface area (Å²) in [5.41, 5.74) is 18.1. The molecule has 0 bridgehead atoms. The summed E-state index contributed by atoms with van der Waals surface area (Å²) in [4.78, 5) is 2.55.